The number of amides is 2. The van der Waals surface area contributed by atoms with Gasteiger partial charge in [0.05, 0.1) is 30.4 Å². The fourth-order valence-corrected chi connectivity index (χ4v) is 11.5. The van der Waals surface area contributed by atoms with Gasteiger partial charge in [0, 0.05) is 77.7 Å². The molecule has 0 bridgehead atoms. The Hall–Kier alpha value is -10.7. The fourth-order valence-electron chi connectivity index (χ4n) is 11.5. The number of phenolic OH excluding ortho intramolecular Hbond substituents is 16. The first-order valence-corrected chi connectivity index (χ1v) is 28.1. The number of phenols is 16. The molecule has 34 nitrogen and oxygen atoms in total. The summed E-state index contributed by atoms with van der Waals surface area (Å²) in [4.78, 5) is 54.8. The van der Waals surface area contributed by atoms with E-state index in [1.165, 1.54) is 0 Å². The van der Waals surface area contributed by atoms with E-state index >= 15 is 0 Å². The number of nitrogens with one attached hydrogen (secondary N) is 2. The van der Waals surface area contributed by atoms with E-state index in [2.05, 4.69) is 10.6 Å². The van der Waals surface area contributed by atoms with Gasteiger partial charge in [0.2, 0.25) is 5.91 Å². The molecule has 4 aliphatic heterocycles. The summed E-state index contributed by atoms with van der Waals surface area (Å²) in [7, 11) is 0. The molecule has 0 saturated carbocycles. The Morgan fingerprint density at radius 2 is 0.926 bits per heavy atom. The molecule has 0 radical (unpaired) electrons. The number of aliphatic hydroxyl groups excluding tert-OH is 5. The summed E-state index contributed by atoms with van der Waals surface area (Å²) in [5, 5.41) is 233. The van der Waals surface area contributed by atoms with Crippen LogP contribution in [-0.4, -0.2) is 218 Å². The Bertz CT molecular complexity index is 3690. The minimum absolute atomic E-state index is 0.356. The molecule has 34 heteroatoms. The molecule has 2 fully saturated rings. The van der Waals surface area contributed by atoms with Crippen LogP contribution in [0.2, 0.25) is 0 Å². The second-order valence-corrected chi connectivity index (χ2v) is 22.3. The zero-order valence-corrected chi connectivity index (χ0v) is 48.3. The molecule has 502 valence electrons. The number of ether oxygens (including phenoxy) is 7. The van der Waals surface area contributed by atoms with Crippen molar-refractivity contribution in [3.8, 4) is 103 Å². The van der Waals surface area contributed by atoms with E-state index in [0.717, 1.165) is 31.2 Å². The second kappa shape index (κ2) is 25.8. The Morgan fingerprint density at radius 1 is 0.521 bits per heavy atom. The van der Waals surface area contributed by atoms with Crippen LogP contribution in [0.4, 0.5) is 0 Å². The van der Waals surface area contributed by atoms with Gasteiger partial charge in [-0.3, -0.25) is 9.59 Å². The lowest BCUT2D eigenvalue weighted by atomic mass is 9.82. The third-order valence-electron chi connectivity index (χ3n) is 16.2. The van der Waals surface area contributed by atoms with Crippen LogP contribution in [0.1, 0.15) is 79.1 Å². The maximum absolute atomic E-state index is 14.8. The van der Waals surface area contributed by atoms with Crippen molar-refractivity contribution in [3.05, 3.63) is 105 Å². The van der Waals surface area contributed by atoms with Crippen LogP contribution < -0.4 is 20.1 Å². The van der Waals surface area contributed by atoms with Crippen LogP contribution >= 0.6 is 0 Å². The summed E-state index contributed by atoms with van der Waals surface area (Å²) >= 11 is 0. The van der Waals surface area contributed by atoms with Gasteiger partial charge < -0.3 is 151 Å². The number of rotatable bonds is 15. The molecule has 10 rings (SSSR count). The summed E-state index contributed by atoms with van der Waals surface area (Å²) in [5.41, 5.74) is -4.01. The van der Waals surface area contributed by atoms with Crippen LogP contribution in [0, 0.1) is 0 Å². The maximum atomic E-state index is 14.8. The van der Waals surface area contributed by atoms with Crippen LogP contribution in [0.5, 0.6) is 103 Å². The zero-order chi connectivity index (χ0) is 68.4. The van der Waals surface area contributed by atoms with Crippen LogP contribution in [0.15, 0.2) is 60.7 Å². The Labute approximate surface area is 526 Å². The molecule has 2 saturated heterocycles. The second-order valence-electron chi connectivity index (χ2n) is 22.3. The molecule has 23 N–H and O–H groups in total. The molecule has 6 aromatic carbocycles. The third-order valence-corrected chi connectivity index (χ3v) is 16.2. The van der Waals surface area contributed by atoms with Crippen molar-refractivity contribution in [3.63, 3.8) is 0 Å². The van der Waals surface area contributed by atoms with E-state index in [1.54, 1.807) is 0 Å². The van der Waals surface area contributed by atoms with Crippen molar-refractivity contribution in [2.24, 2.45) is 0 Å². The van der Waals surface area contributed by atoms with Gasteiger partial charge in [-0.15, -0.1) is 0 Å². The SMILES string of the molecule is CC(=O)NC1COC(CO)[C@@H](O)C1O[C@@H]1OC(C(=O)NCC(c2c(O)cc(O)c3c2O[C@H](c2cc(O)c(O)c(O)c2)[C@H](OC(=O)c2cc(O)c(O)c(O)c2)C3)c2c(O)cc(O)c3c2O[C@H](c2cc(O)c(O)c(O)c2)[C@H](OC(=O)c2cc(O)c(O)c(O)c2)C3)[C@@H](O)C(O)C1O. The number of hydrogen-bond donors (Lipinski definition) is 23. The first-order valence-electron chi connectivity index (χ1n) is 28.1. The summed E-state index contributed by atoms with van der Waals surface area (Å²) in [5.74, 6) is -24.1. The summed E-state index contributed by atoms with van der Waals surface area (Å²) in [6.07, 6.45) is -25.0. The quantitative estimate of drug-likeness (QED) is 0.0454. The first-order chi connectivity index (χ1) is 44.4. The number of carbonyl (C=O) groups excluding carboxylic acids is 4. The molecule has 0 aliphatic carbocycles. The lowest BCUT2D eigenvalue weighted by Gasteiger charge is -2.45. The largest absolute Gasteiger partial charge is 0.507 e. The lowest BCUT2D eigenvalue weighted by molar-refractivity contribution is -0.319. The highest BCUT2D eigenvalue weighted by Gasteiger charge is 2.52. The third kappa shape index (κ3) is 12.4. The van der Waals surface area contributed by atoms with Gasteiger partial charge in [-0.2, -0.15) is 0 Å². The van der Waals surface area contributed by atoms with Gasteiger partial charge in [-0.25, -0.2) is 9.59 Å². The minimum Gasteiger partial charge on any atom is -0.507 e. The van der Waals surface area contributed by atoms with Crippen LogP contribution in [-0.2, 0) is 46.1 Å². The van der Waals surface area contributed by atoms with Gasteiger partial charge >= 0.3 is 11.9 Å². The number of hydrogen-bond acceptors (Lipinski definition) is 32. The van der Waals surface area contributed by atoms with Crippen molar-refractivity contribution in [1.82, 2.24) is 10.6 Å². The van der Waals surface area contributed by atoms with E-state index < -0.39 is 279 Å². The Morgan fingerprint density at radius 3 is 1.32 bits per heavy atom. The van der Waals surface area contributed by atoms with E-state index in [1.807, 2.05) is 0 Å². The number of esters is 2. The number of aromatic hydroxyl groups is 16. The summed E-state index contributed by atoms with van der Waals surface area (Å²) < 4.78 is 41.7. The molecule has 94 heavy (non-hydrogen) atoms. The van der Waals surface area contributed by atoms with E-state index in [-0.39, 0.29) is 11.1 Å². The topological polar surface area (TPSA) is 582 Å². The monoisotopic (exact) mass is 1320 g/mol. The molecular weight excluding hydrogens is 1260 g/mol. The first kappa shape index (κ1) is 66.2. The van der Waals surface area contributed by atoms with E-state index in [0.29, 0.717) is 36.4 Å². The van der Waals surface area contributed by atoms with E-state index in [4.69, 9.17) is 33.2 Å². The molecule has 4 heterocycles. The highest BCUT2D eigenvalue weighted by Crippen LogP contribution is 2.57. The van der Waals surface area contributed by atoms with Crippen molar-refractivity contribution >= 4 is 23.8 Å². The van der Waals surface area contributed by atoms with E-state index in [9.17, 15) is 126 Å². The van der Waals surface area contributed by atoms with Crippen LogP contribution in [0.25, 0.3) is 0 Å². The average Bonchev–Trinajstić information content (AvgIpc) is 0.736. The molecule has 0 spiro atoms. The average molecular weight is 1320 g/mol. The maximum Gasteiger partial charge on any atom is 0.338 e. The lowest BCUT2D eigenvalue weighted by Crippen LogP contribution is -2.66. The van der Waals surface area contributed by atoms with Crippen molar-refractivity contribution in [2.45, 2.75) is 105 Å². The molecule has 6 aromatic rings. The predicted octanol–water partition coefficient (Wildman–Crippen LogP) is -0.523. The molecule has 0 aromatic heterocycles. The fraction of sp³-hybridized carbons (Fsp3) is 0.333. The van der Waals surface area contributed by atoms with Gasteiger partial charge in [-0.05, 0) is 48.5 Å². The van der Waals surface area contributed by atoms with Gasteiger partial charge in [0.15, 0.2) is 93.6 Å². The number of carbonyl (C=O) groups is 4. The standard InChI is InChI=1S/C60H60N2O32/c1-17(64)62-25-16-88-40(15-63)47(81)55(25)93-60-50(84)48(82)49(83)56(94-60)57(85)61-14-24(41-28(67)12-26(65)22-10-38(89-58(86)20-6-34(73)45(79)35(74)7-20)51(91-53(22)41)18-2-30(69)43(77)31(70)3-18)42-29(68)13-27(66)23-11-39(90-59(87)21-8-36(75)46(80)37(76)9-21)52(92-54(23)42)19-4-32(71)44(78)33(72)5-19/h2-9,12-13,24-25,38-40,47-52,55-56,60,63,65-84H,10-11,14-16H2,1H3,(H,61,85)(H,62,64)/t25?,38-,39-,40?,47-,48?,49+,50?,51-,52-,55?,56?,60-/m1/s1. The molecular formula is C60H60N2O32. The van der Waals surface area contributed by atoms with Gasteiger partial charge in [0.1, 0.15) is 83.3 Å². The molecule has 4 aliphatic rings. The van der Waals surface area contributed by atoms with Gasteiger partial charge in [0.25, 0.3) is 5.91 Å². The number of fused-ring (bicyclic) bond motifs is 2. The summed E-state index contributed by atoms with van der Waals surface area (Å²) in [6.45, 7) is -1.16. The van der Waals surface area contributed by atoms with Crippen molar-refractivity contribution in [1.29, 1.82) is 0 Å². The Kier molecular flexibility index (Phi) is 18.1. The smallest absolute Gasteiger partial charge is 0.338 e. The van der Waals surface area contributed by atoms with Gasteiger partial charge in [-0.1, -0.05) is 0 Å². The highest BCUT2D eigenvalue weighted by atomic mass is 16.7. The summed E-state index contributed by atoms with van der Waals surface area (Å²) in [6, 6.07) is 6.21. The predicted molar refractivity (Wildman–Crippen MR) is 305 cm³/mol. The number of aliphatic hydroxyl groups is 5. The highest BCUT2D eigenvalue weighted by molar-refractivity contribution is 5.92. The molecule has 6 unspecified atom stereocenters. The van der Waals surface area contributed by atoms with Crippen molar-refractivity contribution in [2.75, 3.05) is 19.8 Å². The van der Waals surface area contributed by atoms with Crippen molar-refractivity contribution < 1.29 is 160 Å². The molecule has 2 amide bonds. The molecule has 13 atom stereocenters. The van der Waals surface area contributed by atoms with Crippen LogP contribution in [0.3, 0.4) is 0 Å². The number of benzene rings is 6. The Balaban J connectivity index is 1.12. The minimum atomic E-state index is -2.37. The zero-order valence-electron chi connectivity index (χ0n) is 48.3. The normalized spacial score (nSPS) is 24.8.